The molecule has 3 aliphatic rings. The quantitative estimate of drug-likeness (QED) is 0.909. The number of rotatable bonds is 3. The van der Waals surface area contributed by atoms with Gasteiger partial charge in [0, 0.05) is 32.2 Å². The summed E-state index contributed by atoms with van der Waals surface area (Å²) in [6.07, 6.45) is 9.36. The van der Waals surface area contributed by atoms with Crippen LogP contribution < -0.4 is 10.6 Å². The molecule has 0 aromatic carbocycles. The molecule has 4 rings (SSSR count). The molecule has 0 spiro atoms. The highest BCUT2D eigenvalue weighted by Gasteiger charge is 2.41. The molecule has 2 aliphatic heterocycles. The molecule has 0 bridgehead atoms. The summed E-state index contributed by atoms with van der Waals surface area (Å²) < 4.78 is 0. The van der Waals surface area contributed by atoms with Gasteiger partial charge in [-0.05, 0) is 43.9 Å². The molecule has 0 radical (unpaired) electrons. The van der Waals surface area contributed by atoms with Gasteiger partial charge in [0.05, 0.1) is 12.4 Å². The molecular formula is C17H25N5O. The largest absolute Gasteiger partial charge is 0.353 e. The minimum atomic E-state index is 0.0151. The lowest BCUT2D eigenvalue weighted by Crippen LogP contribution is -2.36. The Kier molecular flexibility index (Phi) is 3.93. The van der Waals surface area contributed by atoms with Crippen LogP contribution in [-0.2, 0) is 0 Å². The third kappa shape index (κ3) is 3.04. The van der Waals surface area contributed by atoms with E-state index in [0.717, 1.165) is 50.8 Å². The van der Waals surface area contributed by atoms with E-state index in [0.29, 0.717) is 11.6 Å². The van der Waals surface area contributed by atoms with Gasteiger partial charge in [-0.15, -0.1) is 0 Å². The molecule has 3 fully saturated rings. The van der Waals surface area contributed by atoms with E-state index >= 15 is 0 Å². The van der Waals surface area contributed by atoms with Crippen LogP contribution in [0.4, 0.5) is 5.82 Å². The van der Waals surface area contributed by atoms with E-state index in [1.807, 2.05) is 4.90 Å². The summed E-state index contributed by atoms with van der Waals surface area (Å²) in [6, 6.07) is 0.214. The third-order valence-electron chi connectivity index (χ3n) is 5.45. The van der Waals surface area contributed by atoms with Crippen LogP contribution >= 0.6 is 0 Å². The molecule has 1 saturated carbocycles. The third-order valence-corrected chi connectivity index (χ3v) is 5.45. The van der Waals surface area contributed by atoms with Crippen molar-refractivity contribution in [2.45, 2.75) is 38.1 Å². The number of likely N-dealkylation sites (tertiary alicyclic amines) is 1. The number of carbonyl (C=O) groups is 1. The average molecular weight is 315 g/mol. The number of hydrogen-bond donors (Lipinski definition) is 1. The van der Waals surface area contributed by atoms with Gasteiger partial charge in [0.2, 0.25) is 0 Å². The summed E-state index contributed by atoms with van der Waals surface area (Å²) in [5.74, 6) is 2.17. The van der Waals surface area contributed by atoms with Crippen molar-refractivity contribution < 1.29 is 4.79 Å². The lowest BCUT2D eigenvalue weighted by atomic mass is 9.99. The summed E-state index contributed by atoms with van der Waals surface area (Å²) in [5, 5.41) is 0. The van der Waals surface area contributed by atoms with Crippen LogP contribution in [0.3, 0.4) is 0 Å². The number of aromatic nitrogens is 2. The van der Waals surface area contributed by atoms with E-state index in [1.54, 1.807) is 12.4 Å². The Balaban J connectivity index is 1.48. The van der Waals surface area contributed by atoms with Gasteiger partial charge in [-0.2, -0.15) is 0 Å². The topological polar surface area (TPSA) is 75.3 Å². The second kappa shape index (κ2) is 6.07. The number of piperidine rings is 1. The number of anilines is 1. The SMILES string of the molecule is N[C@@H]1CN(c2cncc(C(=O)N3CCCCC3)n2)C[C@H]1C1CC1. The zero-order chi connectivity index (χ0) is 15.8. The molecule has 1 aromatic heterocycles. The lowest BCUT2D eigenvalue weighted by Gasteiger charge is -2.26. The molecule has 2 atom stereocenters. The Labute approximate surface area is 137 Å². The fourth-order valence-electron chi connectivity index (χ4n) is 3.93. The Morgan fingerprint density at radius 1 is 1.13 bits per heavy atom. The summed E-state index contributed by atoms with van der Waals surface area (Å²) in [6.45, 7) is 3.44. The maximum atomic E-state index is 12.6. The van der Waals surface area contributed by atoms with Crippen molar-refractivity contribution in [2.24, 2.45) is 17.6 Å². The van der Waals surface area contributed by atoms with Crippen LogP contribution in [0.15, 0.2) is 12.4 Å². The molecule has 6 nitrogen and oxygen atoms in total. The fraction of sp³-hybridized carbons (Fsp3) is 0.706. The Morgan fingerprint density at radius 2 is 1.91 bits per heavy atom. The van der Waals surface area contributed by atoms with Crippen molar-refractivity contribution in [2.75, 3.05) is 31.1 Å². The number of carbonyl (C=O) groups excluding carboxylic acids is 1. The average Bonchev–Trinajstić information content (AvgIpc) is 3.37. The normalized spacial score (nSPS) is 28.2. The first-order valence-corrected chi connectivity index (χ1v) is 8.84. The van der Waals surface area contributed by atoms with Gasteiger partial charge < -0.3 is 15.5 Å². The van der Waals surface area contributed by atoms with Crippen molar-refractivity contribution in [3.05, 3.63) is 18.1 Å². The van der Waals surface area contributed by atoms with Crippen molar-refractivity contribution in [1.82, 2.24) is 14.9 Å². The van der Waals surface area contributed by atoms with Crippen molar-refractivity contribution >= 4 is 11.7 Å². The van der Waals surface area contributed by atoms with Gasteiger partial charge in [0.1, 0.15) is 11.5 Å². The van der Waals surface area contributed by atoms with Gasteiger partial charge in [-0.3, -0.25) is 9.78 Å². The molecule has 1 aliphatic carbocycles. The molecule has 2 N–H and O–H groups in total. The van der Waals surface area contributed by atoms with E-state index in [1.165, 1.54) is 19.3 Å². The van der Waals surface area contributed by atoms with Crippen LogP contribution in [0.25, 0.3) is 0 Å². The Bertz CT molecular complexity index is 582. The first-order chi connectivity index (χ1) is 11.2. The predicted molar refractivity (Wildman–Crippen MR) is 88.2 cm³/mol. The minimum Gasteiger partial charge on any atom is -0.353 e. The standard InChI is InChI=1S/C17H25N5O/c18-14-11-22(10-13(14)12-4-5-12)16-9-19-8-15(20-16)17(23)21-6-2-1-3-7-21/h8-9,12-14H,1-7,10-11,18H2/t13-,14+/m0/s1. The molecule has 124 valence electrons. The van der Waals surface area contributed by atoms with E-state index in [2.05, 4.69) is 14.9 Å². The number of nitrogens with two attached hydrogens (primary N) is 1. The van der Waals surface area contributed by atoms with Gasteiger partial charge in [0.25, 0.3) is 5.91 Å². The molecule has 1 aromatic rings. The monoisotopic (exact) mass is 315 g/mol. The summed E-state index contributed by atoms with van der Waals surface area (Å²) >= 11 is 0. The number of hydrogen-bond acceptors (Lipinski definition) is 5. The van der Waals surface area contributed by atoms with E-state index in [4.69, 9.17) is 5.73 Å². The van der Waals surface area contributed by atoms with Gasteiger partial charge in [-0.25, -0.2) is 4.98 Å². The van der Waals surface area contributed by atoms with E-state index < -0.39 is 0 Å². The molecular weight excluding hydrogens is 290 g/mol. The second-order valence-electron chi connectivity index (χ2n) is 7.19. The molecule has 3 heterocycles. The lowest BCUT2D eigenvalue weighted by molar-refractivity contribution is 0.0718. The maximum Gasteiger partial charge on any atom is 0.274 e. The van der Waals surface area contributed by atoms with Gasteiger partial charge >= 0.3 is 0 Å². The Morgan fingerprint density at radius 3 is 2.65 bits per heavy atom. The maximum absolute atomic E-state index is 12.6. The van der Waals surface area contributed by atoms with Crippen LogP contribution in [0.5, 0.6) is 0 Å². The highest BCUT2D eigenvalue weighted by Crippen LogP contribution is 2.41. The van der Waals surface area contributed by atoms with Gasteiger partial charge in [0.15, 0.2) is 0 Å². The van der Waals surface area contributed by atoms with E-state index in [9.17, 15) is 4.79 Å². The molecule has 2 saturated heterocycles. The van der Waals surface area contributed by atoms with Gasteiger partial charge in [-0.1, -0.05) is 0 Å². The van der Waals surface area contributed by atoms with E-state index in [-0.39, 0.29) is 11.9 Å². The molecule has 6 heteroatoms. The van der Waals surface area contributed by atoms with Crippen molar-refractivity contribution in [3.63, 3.8) is 0 Å². The molecule has 0 unspecified atom stereocenters. The van der Waals surface area contributed by atoms with Crippen LogP contribution in [0, 0.1) is 11.8 Å². The Hall–Kier alpha value is -1.69. The van der Waals surface area contributed by atoms with Crippen molar-refractivity contribution in [3.8, 4) is 0 Å². The fourth-order valence-corrected chi connectivity index (χ4v) is 3.93. The minimum absolute atomic E-state index is 0.0151. The number of nitrogens with zero attached hydrogens (tertiary/aromatic N) is 4. The summed E-state index contributed by atoms with van der Waals surface area (Å²) in [4.78, 5) is 25.6. The second-order valence-corrected chi connectivity index (χ2v) is 7.19. The van der Waals surface area contributed by atoms with Crippen LogP contribution in [0.1, 0.15) is 42.6 Å². The van der Waals surface area contributed by atoms with Crippen LogP contribution in [-0.4, -0.2) is 53.0 Å². The first-order valence-electron chi connectivity index (χ1n) is 8.84. The number of amides is 1. The zero-order valence-corrected chi connectivity index (χ0v) is 13.5. The zero-order valence-electron chi connectivity index (χ0n) is 13.5. The smallest absolute Gasteiger partial charge is 0.274 e. The highest BCUT2D eigenvalue weighted by molar-refractivity contribution is 5.92. The van der Waals surface area contributed by atoms with Crippen LogP contribution in [0.2, 0.25) is 0 Å². The summed E-state index contributed by atoms with van der Waals surface area (Å²) in [5.41, 5.74) is 6.76. The summed E-state index contributed by atoms with van der Waals surface area (Å²) in [7, 11) is 0. The van der Waals surface area contributed by atoms with Crippen molar-refractivity contribution in [1.29, 1.82) is 0 Å². The predicted octanol–water partition coefficient (Wildman–Crippen LogP) is 1.28. The molecule has 1 amide bonds. The first kappa shape index (κ1) is 14.9. The molecule has 23 heavy (non-hydrogen) atoms. The highest BCUT2D eigenvalue weighted by atomic mass is 16.2.